The van der Waals surface area contributed by atoms with Crippen LogP contribution in [0.4, 0.5) is 11.8 Å². The van der Waals surface area contributed by atoms with Crippen LogP contribution in [0.15, 0.2) is 12.3 Å². The summed E-state index contributed by atoms with van der Waals surface area (Å²) in [5.74, 6) is 1.11. The molecule has 4 rings (SSSR count). The second kappa shape index (κ2) is 11.0. The number of aryl methyl sites for hydroxylation is 2. The van der Waals surface area contributed by atoms with Crippen LogP contribution in [0.1, 0.15) is 78.1 Å². The van der Waals surface area contributed by atoms with Gasteiger partial charge in [-0.25, -0.2) is 9.97 Å². The molecule has 10 heteroatoms. The number of pyridine rings is 1. The number of aliphatic hydroxyl groups excluding tert-OH is 1. The highest BCUT2D eigenvalue weighted by atomic mass is 32.1. The van der Waals surface area contributed by atoms with Gasteiger partial charge in [-0.1, -0.05) is 0 Å². The summed E-state index contributed by atoms with van der Waals surface area (Å²) >= 11 is 1.57. The molecule has 4 atom stereocenters. The lowest BCUT2D eigenvalue weighted by atomic mass is 9.89. The van der Waals surface area contributed by atoms with Gasteiger partial charge < -0.3 is 26.0 Å². The van der Waals surface area contributed by atoms with E-state index in [2.05, 4.69) is 22.5 Å². The molecule has 3 heterocycles. The van der Waals surface area contributed by atoms with E-state index in [9.17, 15) is 15.3 Å². The Hall–Kier alpha value is -2.40. The van der Waals surface area contributed by atoms with Gasteiger partial charge in [0.25, 0.3) is 0 Å². The maximum absolute atomic E-state index is 10.9. The second-order valence-electron chi connectivity index (χ2n) is 12.0. The van der Waals surface area contributed by atoms with E-state index in [1.165, 1.54) is 0 Å². The molecule has 208 valence electrons. The molecule has 38 heavy (non-hydrogen) atoms. The lowest BCUT2D eigenvalue weighted by molar-refractivity contribution is 0.0140. The molecule has 1 aliphatic rings. The SMILES string of the molecule is Cc1nc(NC(C)CCCC(C)(C)O)nc(NC2CC(C(C)(C)O)CC2O)c1-c1nc2c(C)nccc2s1. The van der Waals surface area contributed by atoms with Crippen molar-refractivity contribution < 1.29 is 15.3 Å². The highest BCUT2D eigenvalue weighted by molar-refractivity contribution is 7.21. The van der Waals surface area contributed by atoms with Gasteiger partial charge >= 0.3 is 0 Å². The Morgan fingerprint density at radius 2 is 1.82 bits per heavy atom. The predicted molar refractivity (Wildman–Crippen MR) is 154 cm³/mol. The maximum atomic E-state index is 10.9. The van der Waals surface area contributed by atoms with E-state index >= 15 is 0 Å². The largest absolute Gasteiger partial charge is 0.391 e. The highest BCUT2D eigenvalue weighted by Gasteiger charge is 2.40. The molecule has 0 bridgehead atoms. The summed E-state index contributed by atoms with van der Waals surface area (Å²) in [6, 6.07) is 1.82. The van der Waals surface area contributed by atoms with E-state index in [1.807, 2.05) is 33.8 Å². The van der Waals surface area contributed by atoms with Crippen molar-refractivity contribution in [3.63, 3.8) is 0 Å². The van der Waals surface area contributed by atoms with E-state index in [-0.39, 0.29) is 18.0 Å². The van der Waals surface area contributed by atoms with Crippen LogP contribution >= 0.6 is 11.3 Å². The topological polar surface area (TPSA) is 136 Å². The summed E-state index contributed by atoms with van der Waals surface area (Å²) in [4.78, 5) is 18.9. The van der Waals surface area contributed by atoms with Crippen LogP contribution < -0.4 is 10.6 Å². The number of nitrogens with one attached hydrogen (secondary N) is 2. The third-order valence-electron chi connectivity index (χ3n) is 7.45. The molecule has 0 saturated heterocycles. The van der Waals surface area contributed by atoms with Gasteiger partial charge in [-0.15, -0.1) is 11.3 Å². The Labute approximate surface area is 229 Å². The summed E-state index contributed by atoms with van der Waals surface area (Å²) in [7, 11) is 0. The number of nitrogens with zero attached hydrogens (tertiary/aromatic N) is 4. The molecule has 0 aromatic carbocycles. The van der Waals surface area contributed by atoms with Crippen molar-refractivity contribution in [1.29, 1.82) is 0 Å². The summed E-state index contributed by atoms with van der Waals surface area (Å²) < 4.78 is 1.04. The Morgan fingerprint density at radius 1 is 1.08 bits per heavy atom. The lowest BCUT2D eigenvalue weighted by Crippen LogP contribution is -2.30. The van der Waals surface area contributed by atoms with Crippen molar-refractivity contribution in [2.75, 3.05) is 10.6 Å². The molecule has 1 fully saturated rings. The van der Waals surface area contributed by atoms with Crippen molar-refractivity contribution >= 4 is 33.3 Å². The number of rotatable bonds is 10. The molecule has 0 aliphatic heterocycles. The monoisotopic (exact) mass is 542 g/mol. The summed E-state index contributed by atoms with van der Waals surface area (Å²) in [6.07, 6.45) is 4.82. The number of hydrogen-bond acceptors (Lipinski definition) is 10. The Kier molecular flexibility index (Phi) is 8.28. The molecule has 1 aliphatic carbocycles. The quantitative estimate of drug-likeness (QED) is 0.244. The van der Waals surface area contributed by atoms with Crippen LogP contribution in [-0.4, -0.2) is 64.6 Å². The van der Waals surface area contributed by atoms with Crippen LogP contribution in [0.3, 0.4) is 0 Å². The van der Waals surface area contributed by atoms with Crippen LogP contribution in [0, 0.1) is 19.8 Å². The molecular weight excluding hydrogens is 500 g/mol. The summed E-state index contributed by atoms with van der Waals surface area (Å²) in [6.45, 7) is 13.2. The first-order valence-electron chi connectivity index (χ1n) is 13.5. The first kappa shape index (κ1) is 28.6. The maximum Gasteiger partial charge on any atom is 0.225 e. The van der Waals surface area contributed by atoms with Crippen molar-refractivity contribution in [2.45, 2.75) is 110 Å². The average molecular weight is 543 g/mol. The van der Waals surface area contributed by atoms with Crippen molar-refractivity contribution in [3.05, 3.63) is 23.7 Å². The second-order valence-corrected chi connectivity index (χ2v) is 13.0. The third-order valence-corrected chi connectivity index (χ3v) is 8.48. The number of thiazole rings is 1. The first-order valence-corrected chi connectivity index (χ1v) is 14.3. The summed E-state index contributed by atoms with van der Waals surface area (Å²) in [5, 5.41) is 39.2. The van der Waals surface area contributed by atoms with Crippen molar-refractivity contribution in [3.8, 4) is 10.6 Å². The van der Waals surface area contributed by atoms with Crippen LogP contribution in [-0.2, 0) is 0 Å². The minimum atomic E-state index is -0.870. The van der Waals surface area contributed by atoms with E-state index < -0.39 is 17.3 Å². The van der Waals surface area contributed by atoms with Crippen LogP contribution in [0.25, 0.3) is 20.8 Å². The van der Waals surface area contributed by atoms with E-state index in [1.54, 1.807) is 31.4 Å². The fourth-order valence-corrected chi connectivity index (χ4v) is 6.25. The minimum Gasteiger partial charge on any atom is -0.391 e. The number of hydrogen-bond donors (Lipinski definition) is 5. The molecule has 0 spiro atoms. The highest BCUT2D eigenvalue weighted by Crippen LogP contribution is 2.40. The molecule has 1 saturated carbocycles. The number of aliphatic hydroxyl groups is 3. The zero-order chi connectivity index (χ0) is 27.8. The molecule has 9 nitrogen and oxygen atoms in total. The molecule has 3 aromatic rings. The Bertz CT molecular complexity index is 1270. The normalized spacial score (nSPS) is 21.2. The van der Waals surface area contributed by atoms with Gasteiger partial charge in [0.05, 0.1) is 45.0 Å². The van der Waals surface area contributed by atoms with Crippen molar-refractivity contribution in [2.24, 2.45) is 5.92 Å². The van der Waals surface area contributed by atoms with Gasteiger partial charge in [-0.2, -0.15) is 4.98 Å². The molecule has 4 unspecified atom stereocenters. The molecule has 0 amide bonds. The van der Waals surface area contributed by atoms with Gasteiger partial charge in [-0.3, -0.25) is 4.98 Å². The Morgan fingerprint density at radius 3 is 2.45 bits per heavy atom. The standard InChI is InChI=1S/C28H42N6O3S/c1-15(9-8-11-27(4,5)36)30-26-31-16(2)22(25-33-23-17(3)29-12-10-21(23)38-25)24(34-26)32-19-13-18(14-20(19)35)28(6,7)37/h10,12,15,18-20,35-37H,8-9,11,13-14H2,1-7H3,(H2,30,31,32,34). The predicted octanol–water partition coefficient (Wildman–Crippen LogP) is 4.83. The van der Waals surface area contributed by atoms with Gasteiger partial charge in [0, 0.05) is 12.2 Å². The molecular formula is C28H42N6O3S. The zero-order valence-corrected chi connectivity index (χ0v) is 24.4. The van der Waals surface area contributed by atoms with Gasteiger partial charge in [0.2, 0.25) is 5.95 Å². The third kappa shape index (κ3) is 6.77. The molecule has 5 N–H and O–H groups in total. The first-order chi connectivity index (χ1) is 17.7. The number of aromatic nitrogens is 4. The number of fused-ring (bicyclic) bond motifs is 1. The van der Waals surface area contributed by atoms with Crippen LogP contribution in [0.2, 0.25) is 0 Å². The van der Waals surface area contributed by atoms with E-state index in [0.29, 0.717) is 24.6 Å². The lowest BCUT2D eigenvalue weighted by Gasteiger charge is -2.25. The smallest absolute Gasteiger partial charge is 0.225 e. The fourth-order valence-electron chi connectivity index (χ4n) is 5.14. The average Bonchev–Trinajstić information content (AvgIpc) is 3.37. The Balaban J connectivity index is 1.66. The van der Waals surface area contributed by atoms with Crippen molar-refractivity contribution in [1.82, 2.24) is 19.9 Å². The van der Waals surface area contributed by atoms with Crippen LogP contribution in [0.5, 0.6) is 0 Å². The van der Waals surface area contributed by atoms with Gasteiger partial charge in [0.15, 0.2) is 0 Å². The number of anilines is 2. The fraction of sp³-hybridized carbons (Fsp3) is 0.643. The van der Waals surface area contributed by atoms with E-state index in [0.717, 1.165) is 51.4 Å². The molecule has 0 radical (unpaired) electrons. The summed E-state index contributed by atoms with van der Waals surface area (Å²) in [5.41, 5.74) is 1.78. The van der Waals surface area contributed by atoms with Gasteiger partial charge in [0.1, 0.15) is 16.3 Å². The zero-order valence-electron chi connectivity index (χ0n) is 23.5. The minimum absolute atomic E-state index is 0.0223. The van der Waals surface area contributed by atoms with Gasteiger partial charge in [-0.05, 0) is 92.6 Å². The molecule has 3 aromatic heterocycles. The van der Waals surface area contributed by atoms with E-state index in [4.69, 9.17) is 15.0 Å².